The highest BCUT2D eigenvalue weighted by Crippen LogP contribution is 2.19. The Bertz CT molecular complexity index is 733. The van der Waals surface area contributed by atoms with E-state index in [1.807, 2.05) is 0 Å². The summed E-state index contributed by atoms with van der Waals surface area (Å²) in [5, 5.41) is 2.52. The van der Waals surface area contributed by atoms with E-state index in [0.717, 1.165) is 0 Å². The molecule has 0 amide bonds. The zero-order valence-corrected chi connectivity index (χ0v) is 13.1. The second-order valence-electron chi connectivity index (χ2n) is 4.22. The quantitative estimate of drug-likeness (QED) is 0.669. The molecule has 0 unspecified atom stereocenters. The van der Waals surface area contributed by atoms with Crippen LogP contribution in [0.1, 0.15) is 5.56 Å². The van der Waals surface area contributed by atoms with E-state index in [-0.39, 0.29) is 16.1 Å². The average Bonchev–Trinajstić information content (AvgIpc) is 2.47. The van der Waals surface area contributed by atoms with Gasteiger partial charge in [0.25, 0.3) is 5.16 Å². The van der Waals surface area contributed by atoms with E-state index in [9.17, 15) is 8.42 Å². The molecule has 0 aliphatic rings. The minimum Gasteiger partial charge on any atom is -0.497 e. The Labute approximate surface area is 128 Å². The first-order valence-electron chi connectivity index (χ1n) is 6.02. The summed E-state index contributed by atoms with van der Waals surface area (Å²) < 4.78 is 29.7. The molecule has 1 N–H and O–H groups in total. The van der Waals surface area contributed by atoms with Crippen LogP contribution in [-0.2, 0) is 15.6 Å². The summed E-state index contributed by atoms with van der Waals surface area (Å²) in [7, 11) is -0.505. The lowest BCUT2D eigenvalue weighted by Crippen LogP contribution is -2.11. The second kappa shape index (κ2) is 6.28. The molecule has 21 heavy (non-hydrogen) atoms. The van der Waals surface area contributed by atoms with Crippen LogP contribution in [0.2, 0.25) is 5.15 Å². The van der Waals surface area contributed by atoms with Gasteiger partial charge in [-0.1, -0.05) is 23.7 Å². The van der Waals surface area contributed by atoms with Crippen molar-refractivity contribution in [2.24, 2.45) is 0 Å². The zero-order valence-electron chi connectivity index (χ0n) is 11.5. The fourth-order valence-electron chi connectivity index (χ4n) is 1.67. The first-order valence-corrected chi connectivity index (χ1v) is 8.05. The van der Waals surface area contributed by atoms with Crippen molar-refractivity contribution < 1.29 is 13.2 Å². The summed E-state index contributed by atoms with van der Waals surface area (Å²) in [6, 6.07) is 8.21. The number of nitrogens with one attached hydrogen (secondary N) is 1. The molecule has 2 aromatic rings. The molecular weight excluding hydrogens is 314 g/mol. The number of anilines is 1. The summed E-state index contributed by atoms with van der Waals surface area (Å²) in [4.78, 5) is 7.72. The van der Waals surface area contributed by atoms with E-state index < -0.39 is 9.84 Å². The van der Waals surface area contributed by atoms with Crippen molar-refractivity contribution in [3.05, 3.63) is 41.0 Å². The zero-order chi connectivity index (χ0) is 15.5. The van der Waals surface area contributed by atoms with Crippen molar-refractivity contribution in [3.63, 3.8) is 0 Å². The summed E-state index contributed by atoms with van der Waals surface area (Å²) in [6.07, 6.45) is 0. The fraction of sp³-hybridized carbons (Fsp3) is 0.231. The Morgan fingerprint density at radius 2 is 1.90 bits per heavy atom. The van der Waals surface area contributed by atoms with Gasteiger partial charge in [0.15, 0.2) is 0 Å². The number of methoxy groups -OCH3 is 1. The van der Waals surface area contributed by atoms with Gasteiger partial charge in [0.05, 0.1) is 12.9 Å². The van der Waals surface area contributed by atoms with Crippen LogP contribution in [0.4, 0.5) is 5.82 Å². The number of hydrogen-bond donors (Lipinski definition) is 1. The minimum absolute atomic E-state index is 0.0719. The highest BCUT2D eigenvalue weighted by atomic mass is 35.5. The maximum atomic E-state index is 12.3. The van der Waals surface area contributed by atoms with Crippen LogP contribution in [0.15, 0.2) is 35.5 Å². The number of benzene rings is 1. The second-order valence-corrected chi connectivity index (χ2v) is 6.49. The Balaban J connectivity index is 2.31. The topological polar surface area (TPSA) is 81.2 Å². The lowest BCUT2D eigenvalue weighted by atomic mass is 10.2. The number of aromatic nitrogens is 2. The number of rotatable bonds is 5. The molecular formula is C13H14ClN3O3S. The van der Waals surface area contributed by atoms with Crippen molar-refractivity contribution >= 4 is 27.3 Å². The first kappa shape index (κ1) is 15.5. The van der Waals surface area contributed by atoms with Crippen molar-refractivity contribution in [1.82, 2.24) is 9.97 Å². The van der Waals surface area contributed by atoms with E-state index in [1.165, 1.54) is 6.07 Å². The predicted octanol–water partition coefficient (Wildman–Crippen LogP) is 2.15. The predicted molar refractivity (Wildman–Crippen MR) is 80.5 cm³/mol. The Morgan fingerprint density at radius 1 is 1.24 bits per heavy atom. The van der Waals surface area contributed by atoms with Crippen LogP contribution >= 0.6 is 11.6 Å². The molecule has 0 fully saturated rings. The van der Waals surface area contributed by atoms with E-state index in [0.29, 0.717) is 17.1 Å². The van der Waals surface area contributed by atoms with Crippen molar-refractivity contribution in [3.8, 4) is 5.75 Å². The van der Waals surface area contributed by atoms with Crippen LogP contribution < -0.4 is 10.1 Å². The van der Waals surface area contributed by atoms with Gasteiger partial charge in [-0.25, -0.2) is 18.4 Å². The molecule has 0 spiro atoms. The summed E-state index contributed by atoms with van der Waals surface area (Å²) in [5.41, 5.74) is 0.616. The lowest BCUT2D eigenvalue weighted by Gasteiger charge is -2.07. The number of sulfone groups is 1. The number of hydrogen-bond acceptors (Lipinski definition) is 6. The Morgan fingerprint density at radius 3 is 2.48 bits per heavy atom. The molecule has 112 valence electrons. The summed E-state index contributed by atoms with van der Waals surface area (Å²) in [6.45, 7) is 0. The van der Waals surface area contributed by atoms with E-state index >= 15 is 0 Å². The SMILES string of the molecule is CNc1cc(Cl)nc(S(=O)(=O)Cc2ccc(OC)cc2)n1. The van der Waals surface area contributed by atoms with Gasteiger partial charge >= 0.3 is 0 Å². The van der Waals surface area contributed by atoms with Crippen molar-refractivity contribution in [2.75, 3.05) is 19.5 Å². The number of nitrogens with zero attached hydrogens (tertiary/aromatic N) is 2. The monoisotopic (exact) mass is 327 g/mol. The highest BCUT2D eigenvalue weighted by Gasteiger charge is 2.20. The third-order valence-corrected chi connectivity index (χ3v) is 4.37. The number of halogens is 1. The first-order chi connectivity index (χ1) is 9.94. The van der Waals surface area contributed by atoms with Gasteiger partial charge in [0, 0.05) is 13.1 Å². The summed E-state index contributed by atoms with van der Waals surface area (Å²) in [5.74, 6) is 0.802. The molecule has 2 rings (SSSR count). The van der Waals surface area contributed by atoms with Crippen molar-refractivity contribution in [2.45, 2.75) is 10.9 Å². The maximum absolute atomic E-state index is 12.3. The smallest absolute Gasteiger partial charge is 0.250 e. The molecule has 8 heteroatoms. The molecule has 0 aliphatic carbocycles. The maximum Gasteiger partial charge on any atom is 0.250 e. The van der Waals surface area contributed by atoms with Crippen LogP contribution in [0.5, 0.6) is 5.75 Å². The lowest BCUT2D eigenvalue weighted by molar-refractivity contribution is 0.414. The van der Waals surface area contributed by atoms with Crippen LogP contribution in [0.3, 0.4) is 0 Å². The molecule has 0 aliphatic heterocycles. The molecule has 1 aromatic heterocycles. The molecule has 0 atom stereocenters. The third-order valence-electron chi connectivity index (χ3n) is 2.72. The normalized spacial score (nSPS) is 11.2. The number of ether oxygens (including phenoxy) is 1. The van der Waals surface area contributed by atoms with E-state index in [4.69, 9.17) is 16.3 Å². The van der Waals surface area contributed by atoms with E-state index in [1.54, 1.807) is 38.4 Å². The molecule has 1 aromatic carbocycles. The van der Waals surface area contributed by atoms with E-state index in [2.05, 4.69) is 15.3 Å². The molecule has 6 nitrogen and oxygen atoms in total. The van der Waals surface area contributed by atoms with Gasteiger partial charge in [-0.2, -0.15) is 0 Å². The standard InChI is InChI=1S/C13H14ClN3O3S/c1-15-12-7-11(14)16-13(17-12)21(18,19)8-9-3-5-10(20-2)6-4-9/h3-7H,8H2,1-2H3,(H,15,16,17). The Hall–Kier alpha value is -1.86. The van der Waals surface area contributed by atoms with Gasteiger partial charge in [-0.3, -0.25) is 0 Å². The van der Waals surface area contributed by atoms with Gasteiger partial charge in [-0.15, -0.1) is 0 Å². The van der Waals surface area contributed by atoms with Crippen LogP contribution in [-0.4, -0.2) is 32.5 Å². The summed E-state index contributed by atoms with van der Waals surface area (Å²) >= 11 is 5.81. The largest absolute Gasteiger partial charge is 0.497 e. The molecule has 1 heterocycles. The minimum atomic E-state index is -3.68. The molecule has 0 bridgehead atoms. The van der Waals surface area contributed by atoms with Gasteiger partial charge in [0.2, 0.25) is 9.84 Å². The fourth-order valence-corrected chi connectivity index (χ4v) is 3.14. The average molecular weight is 328 g/mol. The van der Waals surface area contributed by atoms with Gasteiger partial charge in [0.1, 0.15) is 16.7 Å². The van der Waals surface area contributed by atoms with Gasteiger partial charge in [-0.05, 0) is 17.7 Å². The van der Waals surface area contributed by atoms with Crippen LogP contribution in [0, 0.1) is 0 Å². The highest BCUT2D eigenvalue weighted by molar-refractivity contribution is 7.90. The Kier molecular flexibility index (Phi) is 4.64. The van der Waals surface area contributed by atoms with Crippen LogP contribution in [0.25, 0.3) is 0 Å². The molecule has 0 radical (unpaired) electrons. The molecule has 0 saturated carbocycles. The van der Waals surface area contributed by atoms with Crippen molar-refractivity contribution in [1.29, 1.82) is 0 Å². The third kappa shape index (κ3) is 3.83. The van der Waals surface area contributed by atoms with Gasteiger partial charge < -0.3 is 10.1 Å². The molecule has 0 saturated heterocycles.